The minimum absolute atomic E-state index is 0.875. The minimum atomic E-state index is 0.875. The smallest absolute Gasteiger partial charge is 0.118 e. The molecule has 0 spiro atoms. The third kappa shape index (κ3) is 3.38. The third-order valence-corrected chi connectivity index (χ3v) is 5.91. The molecule has 0 atom stereocenters. The van der Waals surface area contributed by atoms with Gasteiger partial charge >= 0.3 is 0 Å². The van der Waals surface area contributed by atoms with Crippen molar-refractivity contribution in [3.05, 3.63) is 54.6 Å². The molecule has 1 aromatic heterocycles. The molecular formula is C19H18O2S2. The summed E-state index contributed by atoms with van der Waals surface area (Å²) in [5, 5.41) is 0. The molecule has 2 nitrogen and oxygen atoms in total. The van der Waals surface area contributed by atoms with E-state index in [4.69, 9.17) is 9.47 Å². The van der Waals surface area contributed by atoms with E-state index in [9.17, 15) is 0 Å². The van der Waals surface area contributed by atoms with Crippen molar-refractivity contribution in [1.82, 2.24) is 0 Å². The standard InChI is InChI=1S/C19H18O2S2/c1-20-15-8-4-13(5-9-15)17-12-18(22-3)23-19(17)14-6-10-16(21-2)11-7-14/h4-12H,1-3H3. The fraction of sp³-hybridized carbons (Fsp3) is 0.158. The van der Waals surface area contributed by atoms with Crippen LogP contribution in [-0.4, -0.2) is 20.5 Å². The van der Waals surface area contributed by atoms with Gasteiger partial charge < -0.3 is 9.47 Å². The maximum atomic E-state index is 5.26. The largest absolute Gasteiger partial charge is 0.497 e. The fourth-order valence-electron chi connectivity index (χ4n) is 2.41. The Kier molecular flexibility index (Phi) is 4.94. The Morgan fingerprint density at radius 3 is 1.78 bits per heavy atom. The quantitative estimate of drug-likeness (QED) is 0.544. The van der Waals surface area contributed by atoms with Gasteiger partial charge in [0.2, 0.25) is 0 Å². The average molecular weight is 342 g/mol. The van der Waals surface area contributed by atoms with Gasteiger partial charge in [-0.3, -0.25) is 0 Å². The zero-order chi connectivity index (χ0) is 16.2. The van der Waals surface area contributed by atoms with Gasteiger partial charge in [-0.2, -0.15) is 0 Å². The van der Waals surface area contributed by atoms with Crippen molar-refractivity contribution in [2.24, 2.45) is 0 Å². The van der Waals surface area contributed by atoms with Crippen molar-refractivity contribution in [2.45, 2.75) is 4.21 Å². The van der Waals surface area contributed by atoms with E-state index in [2.05, 4.69) is 36.6 Å². The summed E-state index contributed by atoms with van der Waals surface area (Å²) in [4.78, 5) is 1.28. The number of thiophene rings is 1. The zero-order valence-corrected chi connectivity index (χ0v) is 15.0. The Morgan fingerprint density at radius 2 is 1.30 bits per heavy atom. The summed E-state index contributed by atoms with van der Waals surface area (Å²) < 4.78 is 11.8. The number of methoxy groups -OCH3 is 2. The highest BCUT2D eigenvalue weighted by atomic mass is 32.2. The highest BCUT2D eigenvalue weighted by molar-refractivity contribution is 8.00. The van der Waals surface area contributed by atoms with Crippen LogP contribution in [0.3, 0.4) is 0 Å². The lowest BCUT2D eigenvalue weighted by atomic mass is 10.0. The van der Waals surface area contributed by atoms with E-state index >= 15 is 0 Å². The molecule has 0 saturated carbocycles. The Morgan fingerprint density at radius 1 is 0.783 bits per heavy atom. The number of hydrogen-bond donors (Lipinski definition) is 0. The van der Waals surface area contributed by atoms with Gasteiger partial charge in [0.05, 0.1) is 18.4 Å². The lowest BCUT2D eigenvalue weighted by Crippen LogP contribution is -1.84. The molecule has 0 bridgehead atoms. The fourth-order valence-corrected chi connectivity index (χ4v) is 4.15. The molecule has 118 valence electrons. The highest BCUT2D eigenvalue weighted by Crippen LogP contribution is 2.43. The maximum Gasteiger partial charge on any atom is 0.118 e. The molecule has 0 aliphatic rings. The third-order valence-electron chi connectivity index (χ3n) is 3.66. The predicted octanol–water partition coefficient (Wildman–Crippen LogP) is 5.82. The molecular weight excluding hydrogens is 324 g/mol. The topological polar surface area (TPSA) is 18.5 Å². The van der Waals surface area contributed by atoms with Crippen LogP contribution in [0.5, 0.6) is 11.5 Å². The minimum Gasteiger partial charge on any atom is -0.497 e. The molecule has 0 unspecified atom stereocenters. The molecule has 3 aromatic rings. The van der Waals surface area contributed by atoms with Crippen molar-refractivity contribution in [1.29, 1.82) is 0 Å². The van der Waals surface area contributed by atoms with Gasteiger partial charge in [0.1, 0.15) is 11.5 Å². The van der Waals surface area contributed by atoms with Gasteiger partial charge in [0, 0.05) is 10.4 Å². The predicted molar refractivity (Wildman–Crippen MR) is 100 cm³/mol. The van der Waals surface area contributed by atoms with Gasteiger partial charge in [-0.05, 0) is 59.8 Å². The van der Waals surface area contributed by atoms with Crippen molar-refractivity contribution < 1.29 is 9.47 Å². The monoisotopic (exact) mass is 342 g/mol. The van der Waals surface area contributed by atoms with Crippen molar-refractivity contribution in [3.8, 4) is 33.1 Å². The maximum absolute atomic E-state index is 5.26. The lowest BCUT2D eigenvalue weighted by Gasteiger charge is -2.06. The molecule has 0 amide bonds. The summed E-state index contributed by atoms with van der Waals surface area (Å²) in [6, 6.07) is 18.7. The van der Waals surface area contributed by atoms with Gasteiger partial charge in [-0.25, -0.2) is 0 Å². The Balaban J connectivity index is 2.06. The van der Waals surface area contributed by atoms with Crippen LogP contribution in [0.15, 0.2) is 58.8 Å². The van der Waals surface area contributed by atoms with Crippen LogP contribution in [0.1, 0.15) is 0 Å². The second kappa shape index (κ2) is 7.11. The molecule has 23 heavy (non-hydrogen) atoms. The zero-order valence-electron chi connectivity index (χ0n) is 13.3. The second-order valence-corrected chi connectivity index (χ2v) is 7.13. The van der Waals surface area contributed by atoms with Crippen molar-refractivity contribution >= 4 is 23.1 Å². The normalized spacial score (nSPS) is 10.6. The first-order chi connectivity index (χ1) is 11.2. The molecule has 0 fully saturated rings. The number of hydrogen-bond acceptors (Lipinski definition) is 4. The second-order valence-electron chi connectivity index (χ2n) is 4.97. The van der Waals surface area contributed by atoms with E-state index in [0.717, 1.165) is 11.5 Å². The summed E-state index contributed by atoms with van der Waals surface area (Å²) >= 11 is 3.60. The van der Waals surface area contributed by atoms with E-state index < -0.39 is 0 Å². The van der Waals surface area contributed by atoms with Crippen LogP contribution in [0.25, 0.3) is 21.6 Å². The van der Waals surface area contributed by atoms with E-state index in [-0.39, 0.29) is 0 Å². The van der Waals surface area contributed by atoms with Gasteiger partial charge in [0.25, 0.3) is 0 Å². The van der Waals surface area contributed by atoms with Crippen LogP contribution in [0.2, 0.25) is 0 Å². The number of rotatable bonds is 5. The van der Waals surface area contributed by atoms with Crippen molar-refractivity contribution in [3.63, 3.8) is 0 Å². The van der Waals surface area contributed by atoms with Crippen LogP contribution < -0.4 is 9.47 Å². The first kappa shape index (κ1) is 16.0. The van der Waals surface area contributed by atoms with Gasteiger partial charge in [-0.1, -0.05) is 12.1 Å². The van der Waals surface area contributed by atoms with Crippen molar-refractivity contribution in [2.75, 3.05) is 20.5 Å². The van der Waals surface area contributed by atoms with Crippen LogP contribution in [0, 0.1) is 0 Å². The Labute approximate surface area is 145 Å². The van der Waals surface area contributed by atoms with Crippen LogP contribution in [0.4, 0.5) is 0 Å². The molecule has 0 aliphatic carbocycles. The van der Waals surface area contributed by atoms with Crippen LogP contribution in [-0.2, 0) is 0 Å². The first-order valence-corrected chi connectivity index (χ1v) is 9.26. The first-order valence-electron chi connectivity index (χ1n) is 7.22. The summed E-state index contributed by atoms with van der Waals surface area (Å²) in [6.45, 7) is 0. The van der Waals surface area contributed by atoms with E-state index in [1.165, 1.54) is 25.8 Å². The lowest BCUT2D eigenvalue weighted by molar-refractivity contribution is 0.414. The molecule has 0 aliphatic heterocycles. The number of ether oxygens (including phenoxy) is 2. The summed E-state index contributed by atoms with van der Waals surface area (Å²) in [5.41, 5.74) is 3.67. The van der Waals surface area contributed by atoms with Crippen LogP contribution >= 0.6 is 23.1 Å². The summed E-state index contributed by atoms with van der Waals surface area (Å²) in [6.07, 6.45) is 2.11. The van der Waals surface area contributed by atoms with E-state index in [0.29, 0.717) is 0 Å². The summed E-state index contributed by atoms with van der Waals surface area (Å²) in [7, 11) is 3.38. The molecule has 2 aromatic carbocycles. The number of thioether (sulfide) groups is 1. The molecule has 4 heteroatoms. The van der Waals surface area contributed by atoms with E-state index in [1.54, 1.807) is 26.0 Å². The molecule has 3 rings (SSSR count). The molecule has 0 saturated heterocycles. The number of benzene rings is 2. The summed E-state index contributed by atoms with van der Waals surface area (Å²) in [5.74, 6) is 1.75. The molecule has 1 heterocycles. The molecule has 0 radical (unpaired) electrons. The van der Waals surface area contributed by atoms with Gasteiger partial charge in [0.15, 0.2) is 0 Å². The SMILES string of the molecule is COc1ccc(-c2cc(SC)sc2-c2ccc(OC)cc2)cc1. The van der Waals surface area contributed by atoms with Gasteiger partial charge in [-0.15, -0.1) is 23.1 Å². The van der Waals surface area contributed by atoms with E-state index in [1.807, 2.05) is 35.6 Å². The Hall–Kier alpha value is -1.91. The highest BCUT2D eigenvalue weighted by Gasteiger charge is 2.13. The Bertz CT molecular complexity index is 709. The molecule has 0 N–H and O–H groups in total. The average Bonchev–Trinajstić information content (AvgIpc) is 3.06.